The molecule has 0 saturated carbocycles. The third kappa shape index (κ3) is 4.79. The fourth-order valence-electron chi connectivity index (χ4n) is 3.12. The number of rotatable bonds is 4. The van der Waals surface area contributed by atoms with E-state index in [1.165, 1.54) is 12.1 Å². The number of benzene rings is 1. The lowest BCUT2D eigenvalue weighted by Gasteiger charge is -2.38. The number of nitrogens with one attached hydrogen (secondary N) is 3. The molecule has 2 heterocycles. The van der Waals surface area contributed by atoms with Gasteiger partial charge in [0.15, 0.2) is 5.79 Å². The number of anilines is 1. The molecule has 2 aliphatic heterocycles. The standard InChI is InChI=1S/C18H25F3N6/c1-27(2)10-8-17(22)25-15-11-23-9-7-14(15)16(26-17)24-13-5-3-12(4-6-13)18(19,20)21/h3-6,23,25H,7-11,22H2,1-2H3,(H,24,26). The first-order chi connectivity index (χ1) is 12.7. The molecule has 0 bridgehead atoms. The van der Waals surface area contributed by atoms with E-state index in [0.717, 1.165) is 42.9 Å². The van der Waals surface area contributed by atoms with Crippen LogP contribution in [0.1, 0.15) is 18.4 Å². The van der Waals surface area contributed by atoms with Crippen LogP contribution in [0.2, 0.25) is 0 Å². The molecule has 0 radical (unpaired) electrons. The Kier molecular flexibility index (Phi) is 5.45. The van der Waals surface area contributed by atoms with Crippen LogP contribution >= 0.6 is 0 Å². The maximum atomic E-state index is 12.8. The van der Waals surface area contributed by atoms with Crippen molar-refractivity contribution in [3.05, 3.63) is 41.1 Å². The monoisotopic (exact) mass is 382 g/mol. The lowest BCUT2D eigenvalue weighted by atomic mass is 10.0. The van der Waals surface area contributed by atoms with Crippen molar-refractivity contribution >= 4 is 11.5 Å². The number of alkyl halides is 3. The van der Waals surface area contributed by atoms with Gasteiger partial charge >= 0.3 is 6.18 Å². The van der Waals surface area contributed by atoms with E-state index in [9.17, 15) is 13.2 Å². The van der Waals surface area contributed by atoms with Gasteiger partial charge in [0.25, 0.3) is 0 Å². The van der Waals surface area contributed by atoms with E-state index in [2.05, 4.69) is 20.9 Å². The molecule has 0 fully saturated rings. The molecule has 2 aliphatic rings. The van der Waals surface area contributed by atoms with Crippen LogP contribution in [0.3, 0.4) is 0 Å². The molecule has 3 rings (SSSR count). The van der Waals surface area contributed by atoms with E-state index >= 15 is 0 Å². The highest BCUT2D eigenvalue weighted by atomic mass is 19.4. The van der Waals surface area contributed by atoms with Crippen molar-refractivity contribution in [1.29, 1.82) is 0 Å². The molecule has 0 spiro atoms. The Bertz CT molecular complexity index is 738. The summed E-state index contributed by atoms with van der Waals surface area (Å²) in [7, 11) is 3.92. The molecule has 148 valence electrons. The summed E-state index contributed by atoms with van der Waals surface area (Å²) in [6.07, 6.45) is -3.00. The van der Waals surface area contributed by atoms with Crippen LogP contribution in [-0.2, 0) is 6.18 Å². The van der Waals surface area contributed by atoms with Crippen LogP contribution in [0.5, 0.6) is 0 Å². The van der Waals surface area contributed by atoms with Crippen molar-refractivity contribution in [2.45, 2.75) is 24.8 Å². The fourth-order valence-corrected chi connectivity index (χ4v) is 3.12. The number of nitrogens with two attached hydrogens (primary N) is 1. The van der Waals surface area contributed by atoms with Gasteiger partial charge in [0.05, 0.1) is 5.56 Å². The molecule has 0 amide bonds. The van der Waals surface area contributed by atoms with Crippen LogP contribution in [0.4, 0.5) is 18.9 Å². The van der Waals surface area contributed by atoms with E-state index in [0.29, 0.717) is 24.5 Å². The molecule has 1 aromatic rings. The summed E-state index contributed by atoms with van der Waals surface area (Å²) >= 11 is 0. The van der Waals surface area contributed by atoms with Crippen LogP contribution in [0.15, 0.2) is 40.5 Å². The number of nitrogens with zero attached hydrogens (tertiary/aromatic N) is 2. The Morgan fingerprint density at radius 1 is 1.26 bits per heavy atom. The molecule has 1 atom stereocenters. The lowest BCUT2D eigenvalue weighted by molar-refractivity contribution is -0.137. The van der Waals surface area contributed by atoms with Gasteiger partial charge in [0.1, 0.15) is 5.84 Å². The third-order valence-corrected chi connectivity index (χ3v) is 4.60. The van der Waals surface area contributed by atoms with Crippen molar-refractivity contribution in [3.63, 3.8) is 0 Å². The second kappa shape index (κ2) is 7.49. The zero-order chi connectivity index (χ0) is 19.7. The van der Waals surface area contributed by atoms with Gasteiger partial charge in [-0.1, -0.05) is 0 Å². The predicted molar refractivity (Wildman–Crippen MR) is 100 cm³/mol. The summed E-state index contributed by atoms with van der Waals surface area (Å²) in [6, 6.07) is 4.94. The number of amidine groups is 1. The molecular weight excluding hydrogens is 357 g/mol. The Morgan fingerprint density at radius 3 is 2.59 bits per heavy atom. The Labute approximate surface area is 156 Å². The highest BCUT2D eigenvalue weighted by Crippen LogP contribution is 2.30. The first-order valence-corrected chi connectivity index (χ1v) is 8.85. The average molecular weight is 382 g/mol. The summed E-state index contributed by atoms with van der Waals surface area (Å²) in [5.41, 5.74) is 8.32. The maximum Gasteiger partial charge on any atom is 0.416 e. The van der Waals surface area contributed by atoms with Crippen LogP contribution in [0.25, 0.3) is 0 Å². The van der Waals surface area contributed by atoms with Crippen LogP contribution in [-0.4, -0.2) is 50.3 Å². The van der Waals surface area contributed by atoms with Crippen molar-refractivity contribution in [1.82, 2.24) is 15.5 Å². The summed E-state index contributed by atoms with van der Waals surface area (Å²) in [5.74, 6) is -0.345. The average Bonchev–Trinajstić information content (AvgIpc) is 2.60. The fraction of sp³-hybridized carbons (Fsp3) is 0.500. The van der Waals surface area contributed by atoms with Gasteiger partial charge in [-0.2, -0.15) is 13.2 Å². The minimum Gasteiger partial charge on any atom is -0.351 e. The van der Waals surface area contributed by atoms with E-state index in [1.807, 2.05) is 19.0 Å². The van der Waals surface area contributed by atoms with Crippen molar-refractivity contribution in [3.8, 4) is 0 Å². The molecule has 0 aliphatic carbocycles. The normalized spacial score (nSPS) is 23.0. The summed E-state index contributed by atoms with van der Waals surface area (Å²) < 4.78 is 38.3. The van der Waals surface area contributed by atoms with Gasteiger partial charge in [-0.05, 0) is 51.3 Å². The molecule has 27 heavy (non-hydrogen) atoms. The zero-order valence-corrected chi connectivity index (χ0v) is 15.5. The SMILES string of the molecule is CN(C)CCC1(N)N=C(Nc2ccc(C(F)(F)F)cc2)C2=C(CNCC2)N1. The first-order valence-electron chi connectivity index (χ1n) is 8.85. The van der Waals surface area contributed by atoms with E-state index in [1.54, 1.807) is 0 Å². The quantitative estimate of drug-likeness (QED) is 0.640. The summed E-state index contributed by atoms with van der Waals surface area (Å²) in [5, 5.41) is 9.79. The van der Waals surface area contributed by atoms with Gasteiger partial charge in [0.2, 0.25) is 0 Å². The topological polar surface area (TPSA) is 77.7 Å². The van der Waals surface area contributed by atoms with E-state index in [-0.39, 0.29) is 0 Å². The smallest absolute Gasteiger partial charge is 0.351 e. The van der Waals surface area contributed by atoms with Gasteiger partial charge in [-0.15, -0.1) is 0 Å². The molecular formula is C18H25F3N6. The summed E-state index contributed by atoms with van der Waals surface area (Å²) in [6.45, 7) is 2.21. The second-order valence-electron chi connectivity index (χ2n) is 7.15. The minimum absolute atomic E-state index is 0.545. The predicted octanol–water partition coefficient (Wildman–Crippen LogP) is 1.93. The third-order valence-electron chi connectivity index (χ3n) is 4.60. The molecule has 1 unspecified atom stereocenters. The van der Waals surface area contributed by atoms with Crippen molar-refractivity contribution in [2.75, 3.05) is 39.0 Å². The Hall–Kier alpha value is -2.10. The molecule has 6 nitrogen and oxygen atoms in total. The van der Waals surface area contributed by atoms with Crippen molar-refractivity contribution in [2.24, 2.45) is 10.7 Å². The molecule has 0 saturated heterocycles. The number of hydrogen-bond donors (Lipinski definition) is 4. The second-order valence-corrected chi connectivity index (χ2v) is 7.15. The van der Waals surface area contributed by atoms with Gasteiger partial charge in [-0.25, -0.2) is 4.99 Å². The molecule has 1 aromatic carbocycles. The first kappa shape index (κ1) is 19.7. The molecule has 5 N–H and O–H groups in total. The Balaban J connectivity index is 1.85. The lowest BCUT2D eigenvalue weighted by Crippen LogP contribution is -2.58. The zero-order valence-electron chi connectivity index (χ0n) is 15.5. The summed E-state index contributed by atoms with van der Waals surface area (Å²) in [4.78, 5) is 6.70. The minimum atomic E-state index is -4.35. The van der Waals surface area contributed by atoms with Crippen molar-refractivity contribution < 1.29 is 13.2 Å². The van der Waals surface area contributed by atoms with Gasteiger partial charge in [0, 0.05) is 36.5 Å². The van der Waals surface area contributed by atoms with Gasteiger partial charge < -0.3 is 20.9 Å². The van der Waals surface area contributed by atoms with Crippen LogP contribution in [0, 0.1) is 0 Å². The largest absolute Gasteiger partial charge is 0.416 e. The van der Waals surface area contributed by atoms with Gasteiger partial charge in [-0.3, -0.25) is 5.73 Å². The Morgan fingerprint density at radius 2 is 1.96 bits per heavy atom. The maximum absolute atomic E-state index is 12.8. The highest BCUT2D eigenvalue weighted by Gasteiger charge is 2.34. The molecule has 0 aromatic heterocycles. The number of aliphatic imine (C=N–C) groups is 1. The number of halogens is 3. The van der Waals surface area contributed by atoms with Crippen LogP contribution < -0.4 is 21.7 Å². The van der Waals surface area contributed by atoms with E-state index in [4.69, 9.17) is 5.73 Å². The highest BCUT2D eigenvalue weighted by molar-refractivity contribution is 6.09. The van der Waals surface area contributed by atoms with E-state index < -0.39 is 17.5 Å². The number of hydrogen-bond acceptors (Lipinski definition) is 6. The molecule has 9 heteroatoms.